The van der Waals surface area contributed by atoms with Gasteiger partial charge in [-0.2, -0.15) is 0 Å². The van der Waals surface area contributed by atoms with Crippen molar-refractivity contribution < 1.29 is 35.8 Å². The first-order chi connectivity index (χ1) is 6.11. The van der Waals surface area contributed by atoms with Crippen molar-refractivity contribution in [2.24, 2.45) is 16.1 Å². The molecular weight excluding hydrogens is 195 g/mol. The zero-order chi connectivity index (χ0) is 9.84. The van der Waals surface area contributed by atoms with Crippen LogP contribution in [0.4, 0.5) is 5.82 Å². The van der Waals surface area contributed by atoms with Crippen LogP contribution < -0.4 is 35.3 Å². The zero-order valence-corrected chi connectivity index (χ0v) is 10.4. The van der Waals surface area contributed by atoms with E-state index in [1.54, 1.807) is 14.1 Å². The van der Waals surface area contributed by atoms with Crippen LogP contribution >= 0.6 is 0 Å². The quantitative estimate of drug-likeness (QED) is 0.317. The average Bonchev–Trinajstić information content (AvgIpc) is 2.47. The van der Waals surface area contributed by atoms with Gasteiger partial charge < -0.3 is 12.1 Å². The topological polar surface area (TPSA) is 99.7 Å². The molecule has 0 bridgehead atoms. The summed E-state index contributed by atoms with van der Waals surface area (Å²) in [7, 11) is 3.42. The molecule has 0 unspecified atom stereocenters. The number of aromatic amines is 1. The van der Waals surface area contributed by atoms with Gasteiger partial charge in [0.1, 0.15) is 0 Å². The van der Waals surface area contributed by atoms with E-state index in [0.717, 1.165) is 0 Å². The summed E-state index contributed by atoms with van der Waals surface area (Å²) < 4.78 is 0. The van der Waals surface area contributed by atoms with Gasteiger partial charge in [0.25, 0.3) is 5.91 Å². The molecule has 0 aliphatic carbocycles. The molecule has 0 atom stereocenters. The molecule has 1 amide bonds. The van der Waals surface area contributed by atoms with Gasteiger partial charge >= 0.3 is 29.6 Å². The second-order valence-corrected chi connectivity index (χ2v) is 2.50. The van der Waals surface area contributed by atoms with Crippen LogP contribution in [-0.4, -0.2) is 35.0 Å². The molecule has 0 spiro atoms. The summed E-state index contributed by atoms with van der Waals surface area (Å²) >= 11 is 0. The summed E-state index contributed by atoms with van der Waals surface area (Å²) in [6, 6.07) is 0. The number of primary amides is 1. The fourth-order valence-electron chi connectivity index (χ4n) is 0.676. The first kappa shape index (κ1) is 13.1. The SMILES string of the molecule is CN(C)N=Nc1nc[nH]c1C(N)=O.[H-].[Na+]. The van der Waals surface area contributed by atoms with Crippen molar-refractivity contribution in [3.63, 3.8) is 0 Å². The van der Waals surface area contributed by atoms with E-state index in [4.69, 9.17) is 5.73 Å². The molecule has 1 aromatic rings. The first-order valence-corrected chi connectivity index (χ1v) is 3.53. The van der Waals surface area contributed by atoms with Gasteiger partial charge in [-0.25, -0.2) is 4.98 Å². The van der Waals surface area contributed by atoms with E-state index in [0.29, 0.717) is 0 Å². The normalized spacial score (nSPS) is 9.86. The summed E-state index contributed by atoms with van der Waals surface area (Å²) in [6.07, 6.45) is 1.34. The summed E-state index contributed by atoms with van der Waals surface area (Å²) in [6.45, 7) is 0. The van der Waals surface area contributed by atoms with Crippen molar-refractivity contribution in [1.82, 2.24) is 15.0 Å². The first-order valence-electron chi connectivity index (χ1n) is 3.53. The summed E-state index contributed by atoms with van der Waals surface area (Å²) in [5, 5.41) is 8.86. The Balaban J connectivity index is 0. The molecule has 0 fully saturated rings. The predicted octanol–water partition coefficient (Wildman–Crippen LogP) is -2.81. The Morgan fingerprint density at radius 1 is 1.71 bits per heavy atom. The number of carbonyl (C=O) groups is 1. The summed E-state index contributed by atoms with van der Waals surface area (Å²) in [5.74, 6) is -0.411. The van der Waals surface area contributed by atoms with E-state index in [2.05, 4.69) is 20.3 Å². The maximum Gasteiger partial charge on any atom is 1.00 e. The standard InChI is InChI=1S/C6H10N6O.Na.H/c1-12(2)11-10-6-4(5(7)13)8-3-9-6;;/h3H,1-2H3,(H2,7,13)(H,8,9);;/q;+1;-1. The van der Waals surface area contributed by atoms with Crippen molar-refractivity contribution in [2.75, 3.05) is 14.1 Å². The molecule has 8 heteroatoms. The maximum atomic E-state index is 10.8. The fraction of sp³-hybridized carbons (Fsp3) is 0.333. The van der Waals surface area contributed by atoms with Crippen LogP contribution in [0.25, 0.3) is 0 Å². The third-order valence-electron chi connectivity index (χ3n) is 1.18. The third kappa shape index (κ3) is 3.44. The molecule has 1 rings (SSSR count). The Hall–Kier alpha value is -0.920. The molecule has 1 heterocycles. The minimum Gasteiger partial charge on any atom is -1.00 e. The number of H-pyrrole nitrogens is 1. The van der Waals surface area contributed by atoms with Crippen LogP contribution in [0, 0.1) is 0 Å². The second-order valence-electron chi connectivity index (χ2n) is 2.50. The van der Waals surface area contributed by atoms with Gasteiger partial charge in [0, 0.05) is 14.1 Å². The number of nitrogens with one attached hydrogen (secondary N) is 1. The number of aromatic nitrogens is 2. The molecule has 1 aromatic heterocycles. The Morgan fingerprint density at radius 2 is 2.36 bits per heavy atom. The Morgan fingerprint density at radius 3 is 2.86 bits per heavy atom. The summed E-state index contributed by atoms with van der Waals surface area (Å²) in [4.78, 5) is 17.1. The minimum atomic E-state index is -0.606. The van der Waals surface area contributed by atoms with Crippen molar-refractivity contribution in [3.8, 4) is 0 Å². The van der Waals surface area contributed by atoms with Gasteiger partial charge in [-0.3, -0.25) is 9.80 Å². The molecule has 72 valence electrons. The molecule has 14 heavy (non-hydrogen) atoms. The van der Waals surface area contributed by atoms with Crippen molar-refractivity contribution in [1.29, 1.82) is 0 Å². The molecule has 0 aliphatic rings. The third-order valence-corrected chi connectivity index (χ3v) is 1.18. The van der Waals surface area contributed by atoms with Gasteiger partial charge in [-0.05, 0) is 0 Å². The van der Waals surface area contributed by atoms with Crippen LogP contribution in [0.15, 0.2) is 16.7 Å². The zero-order valence-electron chi connectivity index (χ0n) is 9.35. The molecule has 0 aliphatic heterocycles. The Kier molecular flexibility index (Phi) is 5.36. The number of imidazole rings is 1. The number of amides is 1. The van der Waals surface area contributed by atoms with E-state index in [9.17, 15) is 4.79 Å². The van der Waals surface area contributed by atoms with Crippen molar-refractivity contribution in [2.45, 2.75) is 0 Å². The maximum absolute atomic E-state index is 10.8. The van der Waals surface area contributed by atoms with E-state index in [1.807, 2.05) is 0 Å². The number of hydrogen-bond acceptors (Lipinski definition) is 4. The number of nitrogens with two attached hydrogens (primary N) is 1. The van der Waals surface area contributed by atoms with Crippen molar-refractivity contribution in [3.05, 3.63) is 12.0 Å². The van der Waals surface area contributed by atoms with E-state index in [-0.39, 0.29) is 42.5 Å². The van der Waals surface area contributed by atoms with Gasteiger partial charge in [0.2, 0.25) is 5.82 Å². The van der Waals surface area contributed by atoms with Crippen LogP contribution in [0.5, 0.6) is 0 Å². The minimum absolute atomic E-state index is 0. The van der Waals surface area contributed by atoms with Gasteiger partial charge in [0.15, 0.2) is 5.69 Å². The second kappa shape index (κ2) is 5.74. The monoisotopic (exact) mass is 206 g/mol. The average molecular weight is 206 g/mol. The van der Waals surface area contributed by atoms with Crippen molar-refractivity contribution >= 4 is 11.7 Å². The van der Waals surface area contributed by atoms with Gasteiger partial charge in [-0.15, -0.1) is 5.11 Å². The van der Waals surface area contributed by atoms with E-state index in [1.165, 1.54) is 11.3 Å². The Bertz CT molecular complexity index is 338. The van der Waals surface area contributed by atoms with E-state index >= 15 is 0 Å². The molecule has 0 radical (unpaired) electrons. The molecule has 0 aromatic carbocycles. The molecule has 0 saturated carbocycles. The molecule has 0 saturated heterocycles. The number of nitrogens with zero attached hydrogens (tertiary/aromatic N) is 4. The van der Waals surface area contributed by atoms with Crippen LogP contribution in [0.1, 0.15) is 11.9 Å². The largest absolute Gasteiger partial charge is 1.00 e. The van der Waals surface area contributed by atoms with Gasteiger partial charge in [-0.1, -0.05) is 5.22 Å². The molecule has 3 N–H and O–H groups in total. The predicted molar refractivity (Wildman–Crippen MR) is 46.4 cm³/mol. The Labute approximate surface area is 105 Å². The number of rotatable bonds is 3. The fourth-order valence-corrected chi connectivity index (χ4v) is 0.676. The smallest absolute Gasteiger partial charge is 1.00 e. The van der Waals surface area contributed by atoms with Crippen LogP contribution in [0.2, 0.25) is 0 Å². The van der Waals surface area contributed by atoms with Gasteiger partial charge in [0.05, 0.1) is 6.33 Å². The molecular formula is C6H11N6NaO. The number of hydrogen-bond donors (Lipinski definition) is 2. The summed E-state index contributed by atoms with van der Waals surface area (Å²) in [5.41, 5.74) is 5.20. The van der Waals surface area contributed by atoms with E-state index < -0.39 is 5.91 Å². The molecule has 7 nitrogen and oxygen atoms in total. The number of carbonyl (C=O) groups excluding carboxylic acids is 1. The van der Waals surface area contributed by atoms with Crippen LogP contribution in [-0.2, 0) is 0 Å². The van der Waals surface area contributed by atoms with Crippen LogP contribution in [0.3, 0.4) is 0 Å².